The second-order valence-electron chi connectivity index (χ2n) is 5.21. The van der Waals surface area contributed by atoms with Gasteiger partial charge in [0.25, 0.3) is 0 Å². The molecule has 0 bridgehead atoms. The van der Waals surface area contributed by atoms with Gasteiger partial charge in [-0.05, 0) is 18.2 Å². The van der Waals surface area contributed by atoms with Crippen molar-refractivity contribution in [2.75, 3.05) is 0 Å². The van der Waals surface area contributed by atoms with Gasteiger partial charge in [-0.2, -0.15) is 5.10 Å². The first kappa shape index (κ1) is 14.1. The van der Waals surface area contributed by atoms with Gasteiger partial charge in [0.1, 0.15) is 0 Å². The molecule has 0 atom stereocenters. The van der Waals surface area contributed by atoms with E-state index in [-0.39, 0.29) is 5.69 Å². The standard InChI is InChI=1S/C18H12N4O2/c23-18(24)15-11-17-20-14(12-6-2-1-3-7-12)10-16(22(17)21-15)13-8-4-5-9-19-13/h1-11H,(H,23,24). The van der Waals surface area contributed by atoms with Gasteiger partial charge in [0, 0.05) is 17.8 Å². The van der Waals surface area contributed by atoms with Gasteiger partial charge >= 0.3 is 5.97 Å². The predicted octanol–water partition coefficient (Wildman–Crippen LogP) is 3.16. The normalized spacial score (nSPS) is 10.8. The highest BCUT2D eigenvalue weighted by Gasteiger charge is 2.15. The molecule has 0 aliphatic rings. The summed E-state index contributed by atoms with van der Waals surface area (Å²) in [6, 6.07) is 18.6. The molecule has 24 heavy (non-hydrogen) atoms. The van der Waals surface area contributed by atoms with Gasteiger partial charge in [-0.25, -0.2) is 14.3 Å². The Labute approximate surface area is 137 Å². The van der Waals surface area contributed by atoms with E-state index in [1.165, 1.54) is 10.6 Å². The second-order valence-corrected chi connectivity index (χ2v) is 5.21. The van der Waals surface area contributed by atoms with E-state index in [0.29, 0.717) is 17.0 Å². The minimum atomic E-state index is -1.09. The quantitative estimate of drug-likeness (QED) is 0.628. The van der Waals surface area contributed by atoms with Crippen LogP contribution in [0, 0.1) is 0 Å². The van der Waals surface area contributed by atoms with Crippen LogP contribution in [-0.2, 0) is 0 Å². The molecule has 6 nitrogen and oxygen atoms in total. The van der Waals surface area contributed by atoms with Crippen LogP contribution >= 0.6 is 0 Å². The van der Waals surface area contributed by atoms with E-state index >= 15 is 0 Å². The van der Waals surface area contributed by atoms with Gasteiger partial charge in [0.15, 0.2) is 11.3 Å². The van der Waals surface area contributed by atoms with E-state index in [1.807, 2.05) is 54.6 Å². The van der Waals surface area contributed by atoms with E-state index in [2.05, 4.69) is 15.1 Å². The lowest BCUT2D eigenvalue weighted by Gasteiger charge is -2.07. The van der Waals surface area contributed by atoms with Crippen LogP contribution in [0.3, 0.4) is 0 Å². The van der Waals surface area contributed by atoms with Crippen molar-refractivity contribution < 1.29 is 9.90 Å². The molecule has 0 amide bonds. The van der Waals surface area contributed by atoms with Gasteiger partial charge in [-0.15, -0.1) is 0 Å². The molecular weight excluding hydrogens is 304 g/mol. The molecule has 116 valence electrons. The lowest BCUT2D eigenvalue weighted by Crippen LogP contribution is -2.01. The summed E-state index contributed by atoms with van der Waals surface area (Å²) in [5.74, 6) is -1.09. The van der Waals surface area contributed by atoms with E-state index in [0.717, 1.165) is 11.3 Å². The summed E-state index contributed by atoms with van der Waals surface area (Å²) < 4.78 is 1.51. The molecule has 3 heterocycles. The third-order valence-corrected chi connectivity index (χ3v) is 3.64. The topological polar surface area (TPSA) is 80.4 Å². The molecule has 1 N–H and O–H groups in total. The fourth-order valence-corrected chi connectivity index (χ4v) is 2.53. The highest BCUT2D eigenvalue weighted by atomic mass is 16.4. The summed E-state index contributed by atoms with van der Waals surface area (Å²) >= 11 is 0. The zero-order valence-corrected chi connectivity index (χ0v) is 12.5. The van der Waals surface area contributed by atoms with Gasteiger partial charge in [0.2, 0.25) is 0 Å². The summed E-state index contributed by atoms with van der Waals surface area (Å²) in [5.41, 5.74) is 3.48. The zero-order valence-electron chi connectivity index (χ0n) is 12.5. The molecule has 0 aliphatic heterocycles. The molecule has 0 saturated carbocycles. The maximum absolute atomic E-state index is 11.3. The molecule has 6 heteroatoms. The number of rotatable bonds is 3. The van der Waals surface area contributed by atoms with Crippen molar-refractivity contribution in [2.45, 2.75) is 0 Å². The Kier molecular flexibility index (Phi) is 3.28. The number of hydrogen-bond acceptors (Lipinski definition) is 4. The zero-order chi connectivity index (χ0) is 16.5. The van der Waals surface area contributed by atoms with Crippen LogP contribution in [0.4, 0.5) is 0 Å². The Bertz CT molecular complexity index is 1030. The summed E-state index contributed by atoms with van der Waals surface area (Å²) in [4.78, 5) is 20.2. The maximum Gasteiger partial charge on any atom is 0.356 e. The van der Waals surface area contributed by atoms with Gasteiger partial charge in [-0.1, -0.05) is 36.4 Å². The van der Waals surface area contributed by atoms with Gasteiger partial charge in [0.05, 0.1) is 17.1 Å². The van der Waals surface area contributed by atoms with Crippen LogP contribution in [0.1, 0.15) is 10.5 Å². The lowest BCUT2D eigenvalue weighted by atomic mass is 10.1. The third kappa shape index (κ3) is 2.40. The molecule has 3 aromatic heterocycles. The van der Waals surface area contributed by atoms with Crippen molar-refractivity contribution in [3.05, 3.63) is 72.6 Å². The van der Waals surface area contributed by atoms with Gasteiger partial charge < -0.3 is 5.11 Å². The van der Waals surface area contributed by atoms with Gasteiger partial charge in [-0.3, -0.25) is 4.98 Å². The van der Waals surface area contributed by atoms with Crippen LogP contribution in [0.15, 0.2) is 66.9 Å². The Hall–Kier alpha value is -3.54. The van der Waals surface area contributed by atoms with Crippen molar-refractivity contribution in [1.29, 1.82) is 0 Å². The smallest absolute Gasteiger partial charge is 0.356 e. The van der Waals surface area contributed by atoms with Crippen LogP contribution in [0.2, 0.25) is 0 Å². The first-order valence-electron chi connectivity index (χ1n) is 7.33. The summed E-state index contributed by atoms with van der Waals surface area (Å²) in [7, 11) is 0. The fraction of sp³-hybridized carbons (Fsp3) is 0. The van der Waals surface area contributed by atoms with E-state index in [1.54, 1.807) is 6.20 Å². The molecule has 0 aliphatic carbocycles. The highest BCUT2D eigenvalue weighted by molar-refractivity contribution is 5.87. The Morgan fingerprint density at radius 1 is 0.958 bits per heavy atom. The number of aromatic nitrogens is 4. The Morgan fingerprint density at radius 2 is 1.75 bits per heavy atom. The second kappa shape index (κ2) is 5.58. The molecular formula is C18H12N4O2. The van der Waals surface area contributed by atoms with Crippen LogP contribution in [0.25, 0.3) is 28.3 Å². The third-order valence-electron chi connectivity index (χ3n) is 3.64. The van der Waals surface area contributed by atoms with E-state index in [9.17, 15) is 9.90 Å². The van der Waals surface area contributed by atoms with Crippen molar-refractivity contribution >= 4 is 11.6 Å². The first-order valence-corrected chi connectivity index (χ1v) is 7.33. The number of carboxylic acid groups (broad SMARTS) is 1. The number of fused-ring (bicyclic) bond motifs is 1. The first-order chi connectivity index (χ1) is 11.7. The lowest BCUT2D eigenvalue weighted by molar-refractivity contribution is 0.0690. The number of aromatic carboxylic acids is 1. The number of carbonyl (C=O) groups is 1. The number of nitrogens with zero attached hydrogens (tertiary/aromatic N) is 4. The number of benzene rings is 1. The fourth-order valence-electron chi connectivity index (χ4n) is 2.53. The van der Waals surface area contributed by atoms with E-state index < -0.39 is 5.97 Å². The van der Waals surface area contributed by atoms with Crippen molar-refractivity contribution in [3.8, 4) is 22.6 Å². The Balaban J connectivity index is 2.02. The largest absolute Gasteiger partial charge is 0.476 e. The number of hydrogen-bond donors (Lipinski definition) is 1. The predicted molar refractivity (Wildman–Crippen MR) is 88.6 cm³/mol. The maximum atomic E-state index is 11.3. The number of pyridine rings is 1. The van der Waals surface area contributed by atoms with Crippen LogP contribution < -0.4 is 0 Å². The summed E-state index contributed by atoms with van der Waals surface area (Å²) in [6.07, 6.45) is 1.69. The average Bonchev–Trinajstić information content (AvgIpc) is 3.07. The Morgan fingerprint density at radius 3 is 2.46 bits per heavy atom. The molecule has 0 spiro atoms. The van der Waals surface area contributed by atoms with Crippen molar-refractivity contribution in [1.82, 2.24) is 19.6 Å². The van der Waals surface area contributed by atoms with Crippen molar-refractivity contribution in [3.63, 3.8) is 0 Å². The molecule has 0 radical (unpaired) electrons. The highest BCUT2D eigenvalue weighted by Crippen LogP contribution is 2.25. The molecule has 4 aromatic rings. The van der Waals surface area contributed by atoms with Crippen molar-refractivity contribution in [2.24, 2.45) is 0 Å². The molecule has 4 rings (SSSR count). The molecule has 1 aromatic carbocycles. The number of carboxylic acids is 1. The van der Waals surface area contributed by atoms with Crippen LogP contribution in [-0.4, -0.2) is 30.7 Å². The summed E-state index contributed by atoms with van der Waals surface area (Å²) in [5, 5.41) is 13.4. The average molecular weight is 316 g/mol. The minimum Gasteiger partial charge on any atom is -0.476 e. The minimum absolute atomic E-state index is 0.0510. The molecule has 0 fully saturated rings. The van der Waals surface area contributed by atoms with E-state index in [4.69, 9.17) is 0 Å². The summed E-state index contributed by atoms with van der Waals surface area (Å²) in [6.45, 7) is 0. The van der Waals surface area contributed by atoms with Crippen LogP contribution in [0.5, 0.6) is 0 Å². The SMILES string of the molecule is O=C(O)c1cc2nc(-c3ccccc3)cc(-c3ccccn3)n2n1. The molecule has 0 saturated heterocycles. The molecule has 0 unspecified atom stereocenters. The monoisotopic (exact) mass is 316 g/mol.